The van der Waals surface area contributed by atoms with Crippen molar-refractivity contribution in [3.05, 3.63) is 77.4 Å². The zero-order valence-electron chi connectivity index (χ0n) is 16.8. The molecule has 1 aliphatic rings. The monoisotopic (exact) mass is 388 g/mol. The maximum atomic E-state index is 13.2. The van der Waals surface area contributed by atoms with E-state index >= 15 is 0 Å². The van der Waals surface area contributed by atoms with Gasteiger partial charge in [-0.3, -0.25) is 10.0 Å². The molecule has 1 saturated carbocycles. The summed E-state index contributed by atoms with van der Waals surface area (Å²) in [4.78, 5) is 17.8. The molecule has 0 radical (unpaired) electrons. The van der Waals surface area contributed by atoms with Crippen molar-refractivity contribution in [2.45, 2.75) is 32.1 Å². The lowest BCUT2D eigenvalue weighted by Crippen LogP contribution is -2.37. The molecule has 1 heterocycles. The van der Waals surface area contributed by atoms with Crippen LogP contribution in [0.1, 0.15) is 29.5 Å². The summed E-state index contributed by atoms with van der Waals surface area (Å²) in [5.41, 5.74) is 4.02. The number of ether oxygens (including phenoxy) is 1. The normalized spacial score (nSPS) is 14.3. The molecule has 0 spiro atoms. The van der Waals surface area contributed by atoms with Crippen molar-refractivity contribution in [1.82, 2.24) is 4.98 Å². The van der Waals surface area contributed by atoms with Crippen LogP contribution in [0.5, 0.6) is 5.75 Å². The van der Waals surface area contributed by atoms with Crippen LogP contribution in [0.25, 0.3) is 11.3 Å². The Hall–Kier alpha value is -3.18. The van der Waals surface area contributed by atoms with E-state index in [1.807, 2.05) is 68.4 Å². The van der Waals surface area contributed by atoms with E-state index < -0.39 is 5.41 Å². The average molecular weight is 388 g/mol. The fourth-order valence-electron chi connectivity index (χ4n) is 3.72. The quantitative estimate of drug-likeness (QED) is 0.502. The highest BCUT2D eigenvalue weighted by atomic mass is 16.5. The molecule has 0 bridgehead atoms. The number of anilines is 1. The number of amides is 1. The molecule has 4 rings (SSSR count). The first-order valence-corrected chi connectivity index (χ1v) is 9.68. The van der Waals surface area contributed by atoms with Crippen LogP contribution in [0.4, 0.5) is 5.82 Å². The number of aryl methyl sites for hydroxylation is 2. The maximum Gasteiger partial charge on any atom is 0.262 e. The van der Waals surface area contributed by atoms with Gasteiger partial charge in [0, 0.05) is 5.56 Å². The Bertz CT molecular complexity index is 1060. The van der Waals surface area contributed by atoms with Crippen LogP contribution in [-0.2, 0) is 10.2 Å². The molecule has 0 aliphatic heterocycles. The smallest absolute Gasteiger partial charge is 0.262 e. The second-order valence-electron chi connectivity index (χ2n) is 7.58. The molecule has 0 atom stereocenters. The Morgan fingerprint density at radius 2 is 1.69 bits per heavy atom. The Morgan fingerprint density at radius 1 is 1.00 bits per heavy atom. The highest BCUT2D eigenvalue weighted by molar-refractivity contribution is 6.01. The van der Waals surface area contributed by atoms with E-state index in [4.69, 9.17) is 4.74 Å². The van der Waals surface area contributed by atoms with Crippen LogP contribution in [0, 0.1) is 13.8 Å². The van der Waals surface area contributed by atoms with E-state index in [2.05, 4.69) is 4.98 Å². The predicted octanol–water partition coefficient (Wildman–Crippen LogP) is 4.83. The Balaban J connectivity index is 1.66. The van der Waals surface area contributed by atoms with Gasteiger partial charge in [-0.15, -0.1) is 0 Å². The highest BCUT2D eigenvalue weighted by Gasteiger charge is 2.53. The second-order valence-corrected chi connectivity index (χ2v) is 7.58. The van der Waals surface area contributed by atoms with E-state index in [1.165, 1.54) is 0 Å². The van der Waals surface area contributed by atoms with Gasteiger partial charge in [0.2, 0.25) is 0 Å². The van der Waals surface area contributed by atoms with Crippen LogP contribution in [0.15, 0.2) is 60.7 Å². The van der Waals surface area contributed by atoms with Crippen LogP contribution in [0.3, 0.4) is 0 Å². The minimum absolute atomic E-state index is 0.235. The van der Waals surface area contributed by atoms with Gasteiger partial charge in [0.25, 0.3) is 5.91 Å². The van der Waals surface area contributed by atoms with Crippen molar-refractivity contribution in [2.24, 2.45) is 0 Å². The molecule has 5 heteroatoms. The minimum Gasteiger partial charge on any atom is -0.497 e. The minimum atomic E-state index is -0.698. The molecule has 3 aromatic rings. The van der Waals surface area contributed by atoms with Gasteiger partial charge in [-0.25, -0.2) is 4.98 Å². The zero-order chi connectivity index (χ0) is 20.6. The molecule has 148 valence electrons. The van der Waals surface area contributed by atoms with Crippen LogP contribution in [0.2, 0.25) is 0 Å². The molecular weight excluding hydrogens is 364 g/mol. The summed E-state index contributed by atoms with van der Waals surface area (Å²) in [7, 11) is 1.61. The standard InChI is InChI=1S/C24H24N2O3/c1-16-6-4-5-7-20(16)22-17(2)8-13-21(25-22)26(28)23(27)24(14-15-24)18-9-11-19(29-3)12-10-18/h4-13,28H,14-15H2,1-3H3. The van der Waals surface area contributed by atoms with Gasteiger partial charge in [-0.2, -0.15) is 5.06 Å². The zero-order valence-corrected chi connectivity index (χ0v) is 16.8. The first-order valence-electron chi connectivity index (χ1n) is 9.68. The number of pyridine rings is 1. The molecule has 1 aromatic heterocycles. The molecule has 1 fully saturated rings. The van der Waals surface area contributed by atoms with Gasteiger partial charge < -0.3 is 4.74 Å². The third kappa shape index (κ3) is 3.38. The van der Waals surface area contributed by atoms with Gasteiger partial charge in [0.1, 0.15) is 5.75 Å². The van der Waals surface area contributed by atoms with Crippen molar-refractivity contribution in [1.29, 1.82) is 0 Å². The van der Waals surface area contributed by atoms with Gasteiger partial charge in [0.05, 0.1) is 18.2 Å². The van der Waals surface area contributed by atoms with E-state index in [0.29, 0.717) is 17.9 Å². The third-order valence-electron chi connectivity index (χ3n) is 5.69. The Morgan fingerprint density at radius 3 is 2.31 bits per heavy atom. The van der Waals surface area contributed by atoms with Gasteiger partial charge >= 0.3 is 0 Å². The van der Waals surface area contributed by atoms with Crippen molar-refractivity contribution >= 4 is 11.7 Å². The second kappa shape index (κ2) is 7.33. The number of methoxy groups -OCH3 is 1. The number of aromatic nitrogens is 1. The summed E-state index contributed by atoms with van der Waals surface area (Å²) < 4.78 is 5.20. The topological polar surface area (TPSA) is 62.7 Å². The Kier molecular flexibility index (Phi) is 4.84. The summed E-state index contributed by atoms with van der Waals surface area (Å²) >= 11 is 0. The van der Waals surface area contributed by atoms with Crippen LogP contribution in [-0.4, -0.2) is 23.2 Å². The fraction of sp³-hybridized carbons (Fsp3) is 0.250. The third-order valence-corrected chi connectivity index (χ3v) is 5.69. The maximum absolute atomic E-state index is 13.2. The largest absolute Gasteiger partial charge is 0.497 e. The number of carbonyl (C=O) groups is 1. The van der Waals surface area contributed by atoms with Gasteiger partial charge in [0.15, 0.2) is 5.82 Å². The molecule has 5 nitrogen and oxygen atoms in total. The fourth-order valence-corrected chi connectivity index (χ4v) is 3.72. The van der Waals surface area contributed by atoms with E-state index in [-0.39, 0.29) is 11.7 Å². The average Bonchev–Trinajstić information content (AvgIpc) is 3.56. The summed E-state index contributed by atoms with van der Waals surface area (Å²) in [6.45, 7) is 4.00. The van der Waals surface area contributed by atoms with E-state index in [0.717, 1.165) is 33.7 Å². The van der Waals surface area contributed by atoms with Crippen molar-refractivity contribution in [3.8, 4) is 17.0 Å². The van der Waals surface area contributed by atoms with Crippen molar-refractivity contribution in [2.75, 3.05) is 12.2 Å². The predicted molar refractivity (Wildman–Crippen MR) is 112 cm³/mol. The summed E-state index contributed by atoms with van der Waals surface area (Å²) in [6, 6.07) is 19.0. The molecule has 29 heavy (non-hydrogen) atoms. The first-order chi connectivity index (χ1) is 14.0. The van der Waals surface area contributed by atoms with Crippen LogP contribution < -0.4 is 9.80 Å². The van der Waals surface area contributed by atoms with Crippen molar-refractivity contribution < 1.29 is 14.7 Å². The Labute approximate surface area is 170 Å². The molecule has 0 saturated heterocycles. The lowest BCUT2D eigenvalue weighted by atomic mass is 9.94. The summed E-state index contributed by atoms with van der Waals surface area (Å²) in [6.07, 6.45) is 1.40. The lowest BCUT2D eigenvalue weighted by Gasteiger charge is -2.22. The van der Waals surface area contributed by atoms with E-state index in [1.54, 1.807) is 13.2 Å². The number of carbonyl (C=O) groups excluding carboxylic acids is 1. The number of hydroxylamine groups is 1. The number of hydrogen-bond donors (Lipinski definition) is 1. The molecule has 2 aromatic carbocycles. The summed E-state index contributed by atoms with van der Waals surface area (Å²) in [5, 5.41) is 11.5. The number of hydrogen-bond acceptors (Lipinski definition) is 4. The molecular formula is C24H24N2O3. The molecule has 1 aliphatic carbocycles. The first kappa shape index (κ1) is 19.2. The van der Waals surface area contributed by atoms with Crippen LogP contribution >= 0.6 is 0 Å². The number of benzene rings is 2. The van der Waals surface area contributed by atoms with E-state index in [9.17, 15) is 10.0 Å². The number of rotatable bonds is 5. The molecule has 0 unspecified atom stereocenters. The molecule has 1 amide bonds. The van der Waals surface area contributed by atoms with Crippen molar-refractivity contribution in [3.63, 3.8) is 0 Å². The highest BCUT2D eigenvalue weighted by Crippen LogP contribution is 2.50. The summed E-state index contributed by atoms with van der Waals surface area (Å²) in [5.74, 6) is 0.620. The molecule has 1 N–H and O–H groups in total. The lowest BCUT2D eigenvalue weighted by molar-refractivity contribution is -0.126. The van der Waals surface area contributed by atoms with Gasteiger partial charge in [-0.05, 0) is 61.6 Å². The van der Waals surface area contributed by atoms with Gasteiger partial charge in [-0.1, -0.05) is 42.5 Å². The SMILES string of the molecule is COc1ccc(C2(C(=O)N(O)c3ccc(C)c(-c4ccccc4C)n3)CC2)cc1. The number of nitrogens with zero attached hydrogens (tertiary/aromatic N) is 2.